The van der Waals surface area contributed by atoms with Crippen LogP contribution in [0.3, 0.4) is 0 Å². The Bertz CT molecular complexity index is 1070. The van der Waals surface area contributed by atoms with Gasteiger partial charge in [-0.1, -0.05) is 29.8 Å². The lowest BCUT2D eigenvalue weighted by molar-refractivity contribution is -0.136. The van der Waals surface area contributed by atoms with Crippen LogP contribution in [-0.4, -0.2) is 40.2 Å². The van der Waals surface area contributed by atoms with Crippen LogP contribution in [0, 0.1) is 6.92 Å². The van der Waals surface area contributed by atoms with E-state index in [2.05, 4.69) is 5.32 Å². The van der Waals surface area contributed by atoms with Crippen molar-refractivity contribution in [1.29, 1.82) is 0 Å². The Labute approximate surface area is 177 Å². The number of thiophene rings is 1. The summed E-state index contributed by atoms with van der Waals surface area (Å²) in [6.45, 7) is 2.19. The van der Waals surface area contributed by atoms with Gasteiger partial charge in [-0.05, 0) is 25.3 Å². The minimum Gasteiger partial charge on any atom is -0.322 e. The zero-order valence-corrected chi connectivity index (χ0v) is 17.2. The quantitative estimate of drug-likeness (QED) is 0.435. The molecule has 0 radical (unpaired) electrons. The van der Waals surface area contributed by atoms with E-state index in [1.807, 2.05) is 6.92 Å². The second kappa shape index (κ2) is 7.95. The number of amides is 3. The lowest BCUT2D eigenvalue weighted by atomic mass is 10.0. The number of Topliss-reactive ketones (excluding diaryl/α,β-unsaturated/α-hetero) is 2. The fourth-order valence-corrected chi connectivity index (χ4v) is 4.86. The van der Waals surface area contributed by atoms with Crippen LogP contribution >= 0.6 is 11.3 Å². The molecule has 3 amide bonds. The molecule has 30 heavy (non-hydrogen) atoms. The highest BCUT2D eigenvalue weighted by Gasteiger charge is 2.40. The molecule has 2 aromatic rings. The first kappa shape index (κ1) is 20.2. The maximum Gasteiger partial charge on any atom is 0.256 e. The largest absolute Gasteiger partial charge is 0.322 e. The number of fused-ring (bicyclic) bond motifs is 1. The van der Waals surface area contributed by atoms with Crippen LogP contribution in [0.15, 0.2) is 29.6 Å². The lowest BCUT2D eigenvalue weighted by Gasteiger charge is -2.29. The molecule has 1 unspecified atom stereocenters. The Hall–Kier alpha value is -3.13. The maximum atomic E-state index is 12.7. The molecule has 3 heterocycles. The minimum atomic E-state index is -0.662. The van der Waals surface area contributed by atoms with Crippen LogP contribution in [0.25, 0.3) is 0 Å². The third-order valence-corrected chi connectivity index (χ3v) is 6.62. The molecule has 1 atom stereocenters. The van der Waals surface area contributed by atoms with Crippen molar-refractivity contribution in [2.45, 2.75) is 45.2 Å². The molecule has 1 N–H and O–H groups in total. The molecule has 0 bridgehead atoms. The molecule has 1 aromatic carbocycles. The smallest absolute Gasteiger partial charge is 0.256 e. The first-order chi connectivity index (χ1) is 14.3. The van der Waals surface area contributed by atoms with Gasteiger partial charge in [-0.3, -0.25) is 29.3 Å². The molecule has 2 aliphatic rings. The molecule has 0 spiro atoms. The van der Waals surface area contributed by atoms with Crippen LogP contribution < -0.4 is 5.32 Å². The molecule has 2 aliphatic heterocycles. The van der Waals surface area contributed by atoms with Crippen molar-refractivity contribution in [2.75, 3.05) is 0 Å². The third kappa shape index (κ3) is 3.70. The Morgan fingerprint density at radius 2 is 1.90 bits per heavy atom. The zero-order valence-electron chi connectivity index (χ0n) is 16.4. The number of benzene rings is 1. The fraction of sp³-hybridized carbons (Fsp3) is 0.318. The summed E-state index contributed by atoms with van der Waals surface area (Å²) in [5, 5.41) is 4.02. The standard InChI is InChI=1S/C22H20N2O5S/c1-12-2-4-13(5-3-12)20(27)17(25)7-8-18-14-10-24(22(29)15(14)11-30-18)16-6-9-19(26)23-21(16)28/h2-5,11,16H,6-10H2,1H3,(H,23,26,28). The van der Waals surface area contributed by atoms with E-state index >= 15 is 0 Å². The number of carbonyl (C=O) groups is 5. The van der Waals surface area contributed by atoms with E-state index in [9.17, 15) is 24.0 Å². The van der Waals surface area contributed by atoms with Gasteiger partial charge in [0.05, 0.1) is 5.56 Å². The van der Waals surface area contributed by atoms with Crippen molar-refractivity contribution in [3.05, 3.63) is 56.8 Å². The number of rotatable bonds is 6. The lowest BCUT2D eigenvalue weighted by Crippen LogP contribution is -2.52. The normalized spacial score (nSPS) is 18.4. The van der Waals surface area contributed by atoms with Gasteiger partial charge in [0.1, 0.15) is 6.04 Å². The van der Waals surface area contributed by atoms with E-state index in [4.69, 9.17) is 0 Å². The molecule has 1 saturated heterocycles. The van der Waals surface area contributed by atoms with Gasteiger partial charge in [-0.25, -0.2) is 0 Å². The monoisotopic (exact) mass is 424 g/mol. The molecular weight excluding hydrogens is 404 g/mol. The summed E-state index contributed by atoms with van der Waals surface area (Å²) in [6.07, 6.45) is 0.942. The molecule has 7 nitrogen and oxygen atoms in total. The number of piperidine rings is 1. The summed E-state index contributed by atoms with van der Waals surface area (Å²) in [4.78, 5) is 63.3. The van der Waals surface area contributed by atoms with E-state index in [-0.39, 0.29) is 31.2 Å². The molecule has 1 aromatic heterocycles. The average molecular weight is 424 g/mol. The minimum absolute atomic E-state index is 0.0618. The summed E-state index contributed by atoms with van der Waals surface area (Å²) in [6, 6.07) is 6.22. The van der Waals surface area contributed by atoms with Gasteiger partial charge in [0.2, 0.25) is 23.4 Å². The summed E-state index contributed by atoms with van der Waals surface area (Å²) >= 11 is 1.39. The van der Waals surface area contributed by atoms with Gasteiger partial charge in [0.25, 0.3) is 5.91 Å². The number of nitrogens with zero attached hydrogens (tertiary/aromatic N) is 1. The predicted molar refractivity (Wildman–Crippen MR) is 109 cm³/mol. The fourth-order valence-electron chi connectivity index (χ4n) is 3.82. The van der Waals surface area contributed by atoms with Gasteiger partial charge >= 0.3 is 0 Å². The number of hydrogen-bond acceptors (Lipinski definition) is 6. The van der Waals surface area contributed by atoms with Crippen molar-refractivity contribution in [3.8, 4) is 0 Å². The number of imide groups is 1. The molecular formula is C22H20N2O5S. The topological polar surface area (TPSA) is 101 Å². The number of carbonyl (C=O) groups excluding carboxylic acids is 5. The van der Waals surface area contributed by atoms with Gasteiger partial charge in [0, 0.05) is 35.2 Å². The zero-order chi connectivity index (χ0) is 21.4. The summed E-state index contributed by atoms with van der Waals surface area (Å²) in [7, 11) is 0. The van der Waals surface area contributed by atoms with E-state index in [1.54, 1.807) is 29.6 Å². The molecule has 154 valence electrons. The van der Waals surface area contributed by atoms with Crippen LogP contribution in [0.1, 0.15) is 56.0 Å². The summed E-state index contributed by atoms with van der Waals surface area (Å²) in [5.74, 6) is -1.98. The second-order valence-electron chi connectivity index (χ2n) is 7.57. The van der Waals surface area contributed by atoms with Crippen LogP contribution in [0.4, 0.5) is 0 Å². The first-order valence-electron chi connectivity index (χ1n) is 9.73. The Morgan fingerprint density at radius 1 is 1.17 bits per heavy atom. The number of ketones is 2. The molecule has 0 saturated carbocycles. The number of hydrogen-bond donors (Lipinski definition) is 1. The average Bonchev–Trinajstić information content (AvgIpc) is 3.26. The van der Waals surface area contributed by atoms with Gasteiger partial charge in [-0.15, -0.1) is 11.3 Å². The number of aryl methyl sites for hydroxylation is 2. The van der Waals surface area contributed by atoms with Gasteiger partial charge in [-0.2, -0.15) is 0 Å². The number of nitrogens with one attached hydrogen (secondary N) is 1. The third-order valence-electron chi connectivity index (χ3n) is 5.53. The SMILES string of the molecule is Cc1ccc(C(=O)C(=O)CCc2scc3c2CN(C2CCC(=O)NC2=O)C3=O)cc1. The summed E-state index contributed by atoms with van der Waals surface area (Å²) in [5.41, 5.74) is 2.74. The Kier molecular flexibility index (Phi) is 5.34. The van der Waals surface area contributed by atoms with Crippen molar-refractivity contribution in [1.82, 2.24) is 10.2 Å². The first-order valence-corrected chi connectivity index (χ1v) is 10.6. The van der Waals surface area contributed by atoms with Gasteiger partial charge < -0.3 is 4.90 Å². The van der Waals surface area contributed by atoms with E-state index in [1.165, 1.54) is 16.2 Å². The maximum absolute atomic E-state index is 12.7. The second-order valence-corrected chi connectivity index (χ2v) is 8.53. The summed E-state index contributed by atoms with van der Waals surface area (Å²) < 4.78 is 0. The van der Waals surface area contributed by atoms with Crippen molar-refractivity contribution >= 4 is 40.6 Å². The molecule has 1 fully saturated rings. The van der Waals surface area contributed by atoms with Gasteiger partial charge in [0.15, 0.2) is 0 Å². The van der Waals surface area contributed by atoms with Crippen LogP contribution in [0.2, 0.25) is 0 Å². The van der Waals surface area contributed by atoms with E-state index in [0.717, 1.165) is 16.0 Å². The van der Waals surface area contributed by atoms with E-state index < -0.39 is 23.5 Å². The highest BCUT2D eigenvalue weighted by Crippen LogP contribution is 2.34. The van der Waals surface area contributed by atoms with Crippen LogP contribution in [-0.2, 0) is 27.3 Å². The van der Waals surface area contributed by atoms with E-state index in [0.29, 0.717) is 24.0 Å². The van der Waals surface area contributed by atoms with Crippen molar-refractivity contribution in [3.63, 3.8) is 0 Å². The highest BCUT2D eigenvalue weighted by atomic mass is 32.1. The van der Waals surface area contributed by atoms with Crippen molar-refractivity contribution in [2.24, 2.45) is 0 Å². The predicted octanol–water partition coefficient (Wildman–Crippen LogP) is 2.20. The molecule has 0 aliphatic carbocycles. The van der Waals surface area contributed by atoms with Crippen LogP contribution in [0.5, 0.6) is 0 Å². The molecule has 8 heteroatoms. The Morgan fingerprint density at radius 3 is 2.60 bits per heavy atom. The molecule has 4 rings (SSSR count). The Balaban J connectivity index is 1.42. The highest BCUT2D eigenvalue weighted by molar-refractivity contribution is 7.10. The van der Waals surface area contributed by atoms with Crippen molar-refractivity contribution < 1.29 is 24.0 Å².